The molecule has 0 radical (unpaired) electrons. The van der Waals surface area contributed by atoms with Crippen molar-refractivity contribution in [2.24, 2.45) is 0 Å². The molecule has 0 fully saturated rings. The first-order chi connectivity index (χ1) is 14.5. The molecular formula is C24H27NO5. The second kappa shape index (κ2) is 11.0. The van der Waals surface area contributed by atoms with Crippen LogP contribution in [0.4, 0.5) is 0 Å². The fourth-order valence-corrected chi connectivity index (χ4v) is 3.22. The van der Waals surface area contributed by atoms with Crippen molar-refractivity contribution in [3.8, 4) is 0 Å². The van der Waals surface area contributed by atoms with Gasteiger partial charge in [-0.1, -0.05) is 72.8 Å². The third-order valence-corrected chi connectivity index (χ3v) is 4.47. The molecule has 2 aromatic rings. The van der Waals surface area contributed by atoms with Crippen LogP contribution in [0.1, 0.15) is 37.8 Å². The van der Waals surface area contributed by atoms with Crippen LogP contribution >= 0.6 is 0 Å². The molecule has 1 amide bonds. The lowest BCUT2D eigenvalue weighted by Gasteiger charge is -2.35. The quantitative estimate of drug-likeness (QED) is 0.506. The highest BCUT2D eigenvalue weighted by atomic mass is 16.6. The van der Waals surface area contributed by atoms with E-state index in [4.69, 9.17) is 9.47 Å². The van der Waals surface area contributed by atoms with Gasteiger partial charge in [0.2, 0.25) is 11.4 Å². The van der Waals surface area contributed by atoms with Crippen molar-refractivity contribution in [2.45, 2.75) is 32.2 Å². The van der Waals surface area contributed by atoms with Crippen molar-refractivity contribution in [1.29, 1.82) is 0 Å². The van der Waals surface area contributed by atoms with E-state index < -0.39 is 29.3 Å². The standard InChI is InChI=1S/C24H27NO5/c1-4-29-22(27)24(25-18(3)26,23(28)30-5-2)21(20-14-10-7-11-15-20)17-16-19-12-8-6-9-13-19/h6-17,21H,4-5H2,1-3H3,(H,25,26)/t21-/m1/s1. The van der Waals surface area contributed by atoms with Gasteiger partial charge >= 0.3 is 11.9 Å². The summed E-state index contributed by atoms with van der Waals surface area (Å²) < 4.78 is 10.5. The summed E-state index contributed by atoms with van der Waals surface area (Å²) in [7, 11) is 0. The number of nitrogens with one attached hydrogen (secondary N) is 1. The van der Waals surface area contributed by atoms with Crippen LogP contribution in [0.15, 0.2) is 66.7 Å². The maximum absolute atomic E-state index is 13.2. The zero-order valence-corrected chi connectivity index (χ0v) is 17.5. The van der Waals surface area contributed by atoms with Crippen LogP contribution < -0.4 is 5.32 Å². The third kappa shape index (κ3) is 5.35. The Morgan fingerprint density at radius 2 is 1.40 bits per heavy atom. The molecule has 1 atom stereocenters. The molecule has 0 saturated carbocycles. The van der Waals surface area contributed by atoms with Crippen LogP contribution in [0.3, 0.4) is 0 Å². The molecule has 0 spiro atoms. The summed E-state index contributed by atoms with van der Waals surface area (Å²) in [5.74, 6) is -3.15. The summed E-state index contributed by atoms with van der Waals surface area (Å²) in [6.07, 6.45) is 3.52. The van der Waals surface area contributed by atoms with Gasteiger partial charge in [-0.15, -0.1) is 0 Å². The molecule has 6 nitrogen and oxygen atoms in total. The number of hydrogen-bond donors (Lipinski definition) is 1. The van der Waals surface area contributed by atoms with Crippen LogP contribution in [0.25, 0.3) is 6.08 Å². The van der Waals surface area contributed by atoms with Gasteiger partial charge in [-0.25, -0.2) is 9.59 Å². The number of rotatable bonds is 9. The van der Waals surface area contributed by atoms with Crippen molar-refractivity contribution in [1.82, 2.24) is 5.32 Å². The number of benzene rings is 2. The molecule has 2 aromatic carbocycles. The summed E-state index contributed by atoms with van der Waals surface area (Å²) in [6, 6.07) is 18.5. The van der Waals surface area contributed by atoms with Crippen molar-refractivity contribution >= 4 is 23.9 Å². The van der Waals surface area contributed by atoms with E-state index in [-0.39, 0.29) is 13.2 Å². The van der Waals surface area contributed by atoms with Crippen molar-refractivity contribution in [3.63, 3.8) is 0 Å². The smallest absolute Gasteiger partial charge is 0.344 e. The van der Waals surface area contributed by atoms with Crippen LogP contribution in [0, 0.1) is 0 Å². The Kier molecular flexibility index (Phi) is 8.35. The monoisotopic (exact) mass is 409 g/mol. The van der Waals surface area contributed by atoms with Crippen LogP contribution in [-0.2, 0) is 23.9 Å². The summed E-state index contributed by atoms with van der Waals surface area (Å²) in [4.78, 5) is 38.5. The second-order valence-electron chi connectivity index (χ2n) is 6.59. The molecule has 0 unspecified atom stereocenters. The summed E-state index contributed by atoms with van der Waals surface area (Å²) >= 11 is 0. The molecule has 0 saturated heterocycles. The molecule has 30 heavy (non-hydrogen) atoms. The van der Waals surface area contributed by atoms with E-state index in [9.17, 15) is 14.4 Å². The van der Waals surface area contributed by atoms with Gasteiger partial charge in [-0.3, -0.25) is 4.79 Å². The zero-order chi connectivity index (χ0) is 22.0. The van der Waals surface area contributed by atoms with E-state index in [2.05, 4.69) is 5.32 Å². The SMILES string of the molecule is CCOC(=O)C(NC(C)=O)(C(=O)OCC)[C@H](C=Cc1ccccc1)c1ccccc1. The molecule has 0 heterocycles. The van der Waals surface area contributed by atoms with Crippen LogP contribution in [0.2, 0.25) is 0 Å². The van der Waals surface area contributed by atoms with E-state index in [1.807, 2.05) is 36.4 Å². The predicted molar refractivity (Wildman–Crippen MR) is 114 cm³/mol. The number of carbonyl (C=O) groups is 3. The Morgan fingerprint density at radius 3 is 1.87 bits per heavy atom. The molecule has 0 aliphatic rings. The Labute approximate surface area is 176 Å². The average molecular weight is 409 g/mol. The third-order valence-electron chi connectivity index (χ3n) is 4.47. The fourth-order valence-electron chi connectivity index (χ4n) is 3.22. The normalized spacial score (nSPS) is 12.2. The lowest BCUT2D eigenvalue weighted by atomic mass is 9.78. The second-order valence-corrected chi connectivity index (χ2v) is 6.59. The number of hydrogen-bond acceptors (Lipinski definition) is 5. The van der Waals surface area contributed by atoms with E-state index in [1.165, 1.54) is 6.92 Å². The number of ether oxygens (including phenoxy) is 2. The van der Waals surface area contributed by atoms with E-state index in [0.29, 0.717) is 5.56 Å². The van der Waals surface area contributed by atoms with Gasteiger partial charge in [0.1, 0.15) is 0 Å². The minimum Gasteiger partial charge on any atom is -0.464 e. The molecule has 0 bridgehead atoms. The molecular weight excluding hydrogens is 382 g/mol. The fraction of sp³-hybridized carbons (Fsp3) is 0.292. The van der Waals surface area contributed by atoms with Gasteiger partial charge in [-0.05, 0) is 25.0 Å². The summed E-state index contributed by atoms with van der Waals surface area (Å²) in [5, 5.41) is 2.56. The number of carbonyl (C=O) groups excluding carboxylic acids is 3. The first-order valence-corrected chi connectivity index (χ1v) is 9.87. The minimum atomic E-state index is -2.06. The summed E-state index contributed by atoms with van der Waals surface area (Å²) in [5.41, 5.74) is -0.535. The van der Waals surface area contributed by atoms with Crippen molar-refractivity contribution < 1.29 is 23.9 Å². The maximum atomic E-state index is 13.2. The van der Waals surface area contributed by atoms with Crippen LogP contribution in [-0.4, -0.2) is 36.6 Å². The highest BCUT2D eigenvalue weighted by molar-refractivity contribution is 6.09. The van der Waals surface area contributed by atoms with Gasteiger partial charge in [0.25, 0.3) is 0 Å². The Morgan fingerprint density at radius 1 is 0.900 bits per heavy atom. The highest BCUT2D eigenvalue weighted by Gasteiger charge is 2.55. The predicted octanol–water partition coefficient (Wildman–Crippen LogP) is 3.48. The number of esters is 2. The maximum Gasteiger partial charge on any atom is 0.344 e. The van der Waals surface area contributed by atoms with Crippen molar-refractivity contribution in [2.75, 3.05) is 13.2 Å². The molecule has 2 rings (SSSR count). The Hall–Kier alpha value is -3.41. The van der Waals surface area contributed by atoms with E-state index in [1.54, 1.807) is 50.3 Å². The zero-order valence-electron chi connectivity index (χ0n) is 17.5. The Balaban J connectivity index is 2.71. The highest BCUT2D eigenvalue weighted by Crippen LogP contribution is 2.34. The molecule has 1 N–H and O–H groups in total. The van der Waals surface area contributed by atoms with Crippen LogP contribution in [0.5, 0.6) is 0 Å². The first kappa shape index (κ1) is 22.9. The lowest BCUT2D eigenvalue weighted by molar-refractivity contribution is -0.168. The topological polar surface area (TPSA) is 81.7 Å². The van der Waals surface area contributed by atoms with Crippen molar-refractivity contribution in [3.05, 3.63) is 77.9 Å². The molecule has 0 aliphatic carbocycles. The van der Waals surface area contributed by atoms with Gasteiger partial charge < -0.3 is 14.8 Å². The molecule has 0 aromatic heterocycles. The van der Waals surface area contributed by atoms with Gasteiger partial charge in [0.05, 0.1) is 13.2 Å². The summed E-state index contributed by atoms with van der Waals surface area (Å²) in [6.45, 7) is 4.61. The minimum absolute atomic E-state index is 0.0451. The van der Waals surface area contributed by atoms with Gasteiger partial charge in [-0.2, -0.15) is 0 Å². The molecule has 6 heteroatoms. The Bertz CT molecular complexity index is 859. The lowest BCUT2D eigenvalue weighted by Crippen LogP contribution is -2.64. The molecule has 0 aliphatic heterocycles. The number of amides is 1. The average Bonchev–Trinajstić information content (AvgIpc) is 2.74. The first-order valence-electron chi connectivity index (χ1n) is 9.87. The molecule has 158 valence electrons. The van der Waals surface area contributed by atoms with E-state index in [0.717, 1.165) is 5.56 Å². The van der Waals surface area contributed by atoms with Gasteiger partial charge in [0, 0.05) is 12.8 Å². The largest absolute Gasteiger partial charge is 0.464 e. The van der Waals surface area contributed by atoms with Gasteiger partial charge in [0.15, 0.2) is 0 Å². The van der Waals surface area contributed by atoms with E-state index >= 15 is 0 Å².